The Balaban J connectivity index is 1.06. The van der Waals surface area contributed by atoms with Gasteiger partial charge in [-0.3, -0.25) is 4.90 Å². The maximum absolute atomic E-state index is 11.6. The van der Waals surface area contributed by atoms with Crippen molar-refractivity contribution in [1.82, 2.24) is 14.5 Å². The topological polar surface area (TPSA) is 74.1 Å². The van der Waals surface area contributed by atoms with Gasteiger partial charge in [0.2, 0.25) is 0 Å². The van der Waals surface area contributed by atoms with Gasteiger partial charge >= 0.3 is 5.97 Å². The summed E-state index contributed by atoms with van der Waals surface area (Å²) in [6.07, 6.45) is 2.26. The third-order valence-corrected chi connectivity index (χ3v) is 8.69. The highest BCUT2D eigenvalue weighted by atomic mass is 16.5. The normalized spacial score (nSPS) is 19.4. The predicted molar refractivity (Wildman–Crippen MR) is 156 cm³/mol. The van der Waals surface area contributed by atoms with E-state index < -0.39 is 5.97 Å². The average molecular weight is 538 g/mol. The summed E-state index contributed by atoms with van der Waals surface area (Å²) in [5, 5.41) is 9.53. The summed E-state index contributed by atoms with van der Waals surface area (Å²) in [5.74, 6) is 0.0719. The van der Waals surface area contributed by atoms with Gasteiger partial charge in [-0.1, -0.05) is 30.3 Å². The first-order valence-electron chi connectivity index (χ1n) is 14.3. The van der Waals surface area contributed by atoms with Crippen molar-refractivity contribution in [2.75, 3.05) is 49.1 Å². The molecule has 206 valence electrons. The minimum Gasteiger partial charge on any atom is -0.478 e. The number of carbonyl (C=O) groups is 1. The van der Waals surface area contributed by atoms with Crippen LogP contribution in [0.25, 0.3) is 11.0 Å². The molecule has 40 heavy (non-hydrogen) atoms. The number of aromatic nitrogens is 2. The number of aromatic carboxylic acids is 1. The van der Waals surface area contributed by atoms with Gasteiger partial charge in [-0.25, -0.2) is 9.78 Å². The lowest BCUT2D eigenvalue weighted by atomic mass is 9.96. The molecule has 1 N–H and O–H groups in total. The maximum atomic E-state index is 11.6. The van der Waals surface area contributed by atoms with E-state index in [0.29, 0.717) is 12.1 Å². The van der Waals surface area contributed by atoms with Gasteiger partial charge in [-0.15, -0.1) is 0 Å². The molecule has 0 aliphatic carbocycles. The number of rotatable bonds is 7. The van der Waals surface area contributed by atoms with Gasteiger partial charge in [-0.2, -0.15) is 0 Å². The molecule has 8 heteroatoms. The van der Waals surface area contributed by atoms with Crippen LogP contribution < -0.4 is 9.80 Å². The summed E-state index contributed by atoms with van der Waals surface area (Å²) in [4.78, 5) is 24.1. The Morgan fingerprint density at radius 3 is 2.52 bits per heavy atom. The highest BCUT2D eigenvalue weighted by Crippen LogP contribution is 2.32. The van der Waals surface area contributed by atoms with E-state index in [0.717, 1.165) is 82.1 Å². The van der Waals surface area contributed by atoms with Crippen LogP contribution in [-0.2, 0) is 30.8 Å². The van der Waals surface area contributed by atoms with E-state index >= 15 is 0 Å². The number of fused-ring (bicyclic) bond motifs is 2. The van der Waals surface area contributed by atoms with Crippen LogP contribution in [0.2, 0.25) is 0 Å². The van der Waals surface area contributed by atoms with Gasteiger partial charge in [0.15, 0.2) is 0 Å². The number of anilines is 2. The second kappa shape index (κ2) is 10.6. The Bertz CT molecular complexity index is 1520. The summed E-state index contributed by atoms with van der Waals surface area (Å²) < 4.78 is 7.91. The number of ether oxygens (including phenoxy) is 1. The lowest BCUT2D eigenvalue weighted by Gasteiger charge is -2.39. The molecule has 8 nitrogen and oxygen atoms in total. The fourth-order valence-corrected chi connectivity index (χ4v) is 6.35. The first-order chi connectivity index (χ1) is 19.6. The minimum absolute atomic E-state index is 0.170. The molecule has 1 aromatic heterocycles. The molecular weight excluding hydrogens is 502 g/mol. The van der Waals surface area contributed by atoms with Crippen molar-refractivity contribution >= 4 is 28.4 Å². The van der Waals surface area contributed by atoms with E-state index in [1.807, 2.05) is 6.07 Å². The molecule has 0 spiro atoms. The Hall–Kier alpha value is -3.88. The quantitative estimate of drug-likeness (QED) is 0.374. The standard InChI is InChI=1S/C32H35N5O3/c38-32(39)23-9-10-28-30(19-23)37(21-26-12-18-40-26)31(33-28)22-34-14-16-35(17-15-34)29-8-4-5-24-20-36(13-11-27(24)29)25-6-2-1-3-7-25/h1-10,19,26H,11-18,20-22H2,(H,38,39)/t26-/m0/s1. The Morgan fingerprint density at radius 2 is 1.77 bits per heavy atom. The van der Waals surface area contributed by atoms with E-state index in [9.17, 15) is 9.90 Å². The second-order valence-corrected chi connectivity index (χ2v) is 11.1. The van der Waals surface area contributed by atoms with Crippen molar-refractivity contribution in [3.05, 3.63) is 89.2 Å². The third kappa shape index (κ3) is 4.82. The smallest absolute Gasteiger partial charge is 0.335 e. The molecule has 2 fully saturated rings. The van der Waals surface area contributed by atoms with Crippen LogP contribution in [-0.4, -0.2) is 71.0 Å². The van der Waals surface area contributed by atoms with Crippen LogP contribution in [0.4, 0.5) is 11.4 Å². The third-order valence-electron chi connectivity index (χ3n) is 8.69. The number of hydrogen-bond acceptors (Lipinski definition) is 6. The fraction of sp³-hybridized carbons (Fsp3) is 0.375. The number of imidazole rings is 1. The molecule has 1 atom stereocenters. The van der Waals surface area contributed by atoms with Gasteiger partial charge in [0.1, 0.15) is 5.82 Å². The first kappa shape index (κ1) is 25.1. The van der Waals surface area contributed by atoms with Crippen molar-refractivity contribution in [2.45, 2.75) is 38.6 Å². The van der Waals surface area contributed by atoms with E-state index in [1.54, 1.807) is 12.1 Å². The van der Waals surface area contributed by atoms with Crippen LogP contribution in [0, 0.1) is 0 Å². The molecule has 2 saturated heterocycles. The number of nitrogens with zero attached hydrogens (tertiary/aromatic N) is 5. The van der Waals surface area contributed by atoms with E-state index in [2.05, 4.69) is 67.8 Å². The van der Waals surface area contributed by atoms with Crippen molar-refractivity contribution in [3.8, 4) is 0 Å². The average Bonchev–Trinajstić information content (AvgIpc) is 3.31. The number of para-hydroxylation sites is 1. The van der Waals surface area contributed by atoms with Crippen LogP contribution >= 0.6 is 0 Å². The van der Waals surface area contributed by atoms with Crippen molar-refractivity contribution in [3.63, 3.8) is 0 Å². The first-order valence-corrected chi connectivity index (χ1v) is 14.3. The molecule has 3 aromatic carbocycles. The maximum Gasteiger partial charge on any atom is 0.335 e. The van der Waals surface area contributed by atoms with Crippen LogP contribution in [0.3, 0.4) is 0 Å². The Labute approximate surface area is 234 Å². The largest absolute Gasteiger partial charge is 0.478 e. The lowest BCUT2D eigenvalue weighted by Crippen LogP contribution is -2.47. The number of hydrogen-bond donors (Lipinski definition) is 1. The minimum atomic E-state index is -0.914. The summed E-state index contributed by atoms with van der Waals surface area (Å²) in [6, 6.07) is 22.7. The van der Waals surface area contributed by atoms with E-state index in [-0.39, 0.29) is 6.10 Å². The molecule has 7 rings (SSSR count). The molecule has 4 heterocycles. The highest BCUT2D eigenvalue weighted by Gasteiger charge is 2.27. The van der Waals surface area contributed by atoms with Crippen LogP contribution in [0.5, 0.6) is 0 Å². The van der Waals surface area contributed by atoms with Crippen LogP contribution in [0.1, 0.15) is 33.7 Å². The lowest BCUT2D eigenvalue weighted by molar-refractivity contribution is -0.0592. The molecule has 0 radical (unpaired) electrons. The van der Waals surface area contributed by atoms with Gasteiger partial charge in [0.25, 0.3) is 0 Å². The molecular formula is C32H35N5O3. The zero-order valence-electron chi connectivity index (χ0n) is 22.7. The van der Waals surface area contributed by atoms with Crippen molar-refractivity contribution < 1.29 is 14.6 Å². The molecule has 4 aromatic rings. The fourth-order valence-electron chi connectivity index (χ4n) is 6.35. The molecule has 0 unspecified atom stereocenters. The number of carboxylic acids is 1. The molecule has 0 amide bonds. The van der Waals surface area contributed by atoms with E-state index in [1.165, 1.54) is 22.5 Å². The summed E-state index contributed by atoms with van der Waals surface area (Å²) in [6.45, 7) is 8.13. The molecule has 3 aliphatic rings. The number of piperazine rings is 1. The van der Waals surface area contributed by atoms with Gasteiger partial charge in [0.05, 0.1) is 35.8 Å². The summed E-state index contributed by atoms with van der Waals surface area (Å²) in [7, 11) is 0. The van der Waals surface area contributed by atoms with Gasteiger partial charge in [0, 0.05) is 57.3 Å². The number of carboxylic acid groups (broad SMARTS) is 1. The zero-order valence-corrected chi connectivity index (χ0v) is 22.7. The monoisotopic (exact) mass is 537 g/mol. The van der Waals surface area contributed by atoms with Gasteiger partial charge < -0.3 is 24.2 Å². The molecule has 3 aliphatic heterocycles. The summed E-state index contributed by atoms with van der Waals surface area (Å²) >= 11 is 0. The SMILES string of the molecule is O=C(O)c1ccc2nc(CN3CCN(c4cccc5c4CCN(c4ccccc4)C5)CC3)n(C[C@@H]3CCO3)c2c1. The zero-order chi connectivity index (χ0) is 27.1. The molecule has 0 bridgehead atoms. The number of benzene rings is 3. The van der Waals surface area contributed by atoms with Crippen LogP contribution in [0.15, 0.2) is 66.7 Å². The van der Waals surface area contributed by atoms with Gasteiger partial charge in [-0.05, 0) is 60.4 Å². The second-order valence-electron chi connectivity index (χ2n) is 11.1. The van der Waals surface area contributed by atoms with Crippen molar-refractivity contribution in [2.24, 2.45) is 0 Å². The van der Waals surface area contributed by atoms with E-state index in [4.69, 9.17) is 9.72 Å². The predicted octanol–water partition coefficient (Wildman–Crippen LogP) is 4.41. The van der Waals surface area contributed by atoms with Crippen molar-refractivity contribution in [1.29, 1.82) is 0 Å². The highest BCUT2D eigenvalue weighted by molar-refractivity contribution is 5.92. The summed E-state index contributed by atoms with van der Waals surface area (Å²) in [5.41, 5.74) is 7.63. The Kier molecular flexibility index (Phi) is 6.65. The molecule has 0 saturated carbocycles. The Morgan fingerprint density at radius 1 is 0.950 bits per heavy atom.